The summed E-state index contributed by atoms with van der Waals surface area (Å²) < 4.78 is 0. The van der Waals surface area contributed by atoms with Gasteiger partial charge in [0.2, 0.25) is 17.7 Å². The summed E-state index contributed by atoms with van der Waals surface area (Å²) in [7, 11) is 0. The lowest BCUT2D eigenvalue weighted by atomic mass is 10.00. The Kier molecular flexibility index (Phi) is 11.9. The molecule has 0 unspecified atom stereocenters. The predicted molar refractivity (Wildman–Crippen MR) is 133 cm³/mol. The lowest BCUT2D eigenvalue weighted by Crippen LogP contribution is -2.66. The fourth-order valence-electron chi connectivity index (χ4n) is 4.42. The van der Waals surface area contributed by atoms with E-state index in [2.05, 4.69) is 33.5 Å². The van der Waals surface area contributed by atoms with Gasteiger partial charge in [0.25, 0.3) is 0 Å². The number of Topliss-reactive ketones (excluding diaryl/α,β-unsaturated/α-hetero) is 1. The summed E-state index contributed by atoms with van der Waals surface area (Å²) in [5.41, 5.74) is 5.32. The van der Waals surface area contributed by atoms with Crippen molar-refractivity contribution >= 4 is 29.5 Å². The highest BCUT2D eigenvalue weighted by Crippen LogP contribution is 2.15. The second kappa shape index (κ2) is 14.6. The van der Waals surface area contributed by atoms with Gasteiger partial charge in [0.05, 0.1) is 24.7 Å². The molecule has 2 aliphatic heterocycles. The first-order chi connectivity index (χ1) is 16.7. The molecule has 2 saturated heterocycles. The van der Waals surface area contributed by atoms with Crippen LogP contribution in [0.1, 0.15) is 58.8 Å². The summed E-state index contributed by atoms with van der Waals surface area (Å²) >= 11 is 0. The van der Waals surface area contributed by atoms with Crippen LogP contribution in [0.3, 0.4) is 0 Å². The van der Waals surface area contributed by atoms with Crippen molar-refractivity contribution in [2.24, 2.45) is 5.73 Å². The van der Waals surface area contributed by atoms with Crippen LogP contribution >= 0.6 is 0 Å². The van der Waals surface area contributed by atoms with Crippen molar-refractivity contribution in [1.29, 1.82) is 5.41 Å². The Morgan fingerprint density at radius 1 is 1.09 bits per heavy atom. The molecule has 4 atom stereocenters. The Hall–Kier alpha value is -2.73. The third-order valence-electron chi connectivity index (χ3n) is 6.33. The normalized spacial score (nSPS) is 24.9. The minimum atomic E-state index is -0.645. The number of piperazine rings is 2. The number of nitrogens with zero attached hydrogens (tertiary/aromatic N) is 1. The molecule has 0 bridgehead atoms. The molecule has 0 aromatic rings. The van der Waals surface area contributed by atoms with Crippen molar-refractivity contribution in [1.82, 2.24) is 31.5 Å². The van der Waals surface area contributed by atoms with E-state index in [1.54, 1.807) is 0 Å². The van der Waals surface area contributed by atoms with E-state index in [0.717, 1.165) is 25.7 Å². The number of ketones is 1. The van der Waals surface area contributed by atoms with Gasteiger partial charge >= 0.3 is 0 Å². The van der Waals surface area contributed by atoms with E-state index in [4.69, 9.17) is 11.1 Å². The van der Waals surface area contributed by atoms with Crippen molar-refractivity contribution in [2.75, 3.05) is 32.7 Å². The minimum absolute atomic E-state index is 0.0177. The van der Waals surface area contributed by atoms with Gasteiger partial charge in [0.15, 0.2) is 11.7 Å². The molecule has 0 aliphatic carbocycles. The van der Waals surface area contributed by atoms with Gasteiger partial charge in [-0.15, -0.1) is 0 Å². The maximum absolute atomic E-state index is 13.1. The molecule has 2 heterocycles. The summed E-state index contributed by atoms with van der Waals surface area (Å²) in [5.74, 6) is -0.730. The second-order valence-corrected chi connectivity index (χ2v) is 9.32. The SMILES string of the molecule is CCCC[C@@H]1NC[C@H](C(=O)CN2C[C@H](CNC(=O)CCC)NC(=O)[C@@H]2CCCNC(=N)N)NC1=O. The maximum Gasteiger partial charge on any atom is 0.237 e. The molecule has 0 radical (unpaired) electrons. The smallest absolute Gasteiger partial charge is 0.237 e. The number of guanidine groups is 1. The van der Waals surface area contributed by atoms with Crippen LogP contribution in [0.5, 0.6) is 0 Å². The van der Waals surface area contributed by atoms with E-state index in [-0.39, 0.29) is 54.6 Å². The van der Waals surface area contributed by atoms with Crippen molar-refractivity contribution in [3.63, 3.8) is 0 Å². The Bertz CT molecular complexity index is 762. The largest absolute Gasteiger partial charge is 0.370 e. The third kappa shape index (κ3) is 9.44. The highest BCUT2D eigenvalue weighted by Gasteiger charge is 2.37. The number of carbonyl (C=O) groups is 4. The van der Waals surface area contributed by atoms with Gasteiger partial charge < -0.3 is 32.3 Å². The maximum atomic E-state index is 13.1. The number of amides is 3. The second-order valence-electron chi connectivity index (χ2n) is 9.32. The summed E-state index contributed by atoms with van der Waals surface area (Å²) in [6, 6.07) is -1.77. The average molecular weight is 495 g/mol. The van der Waals surface area contributed by atoms with Crippen LogP contribution in [-0.4, -0.2) is 91.3 Å². The van der Waals surface area contributed by atoms with Crippen molar-refractivity contribution < 1.29 is 19.2 Å². The monoisotopic (exact) mass is 494 g/mol. The Balaban J connectivity index is 1.99. The predicted octanol–water partition coefficient (Wildman–Crippen LogP) is -1.45. The molecule has 0 aromatic carbocycles. The number of rotatable bonds is 14. The Labute approximate surface area is 207 Å². The molecule has 3 amide bonds. The summed E-state index contributed by atoms with van der Waals surface area (Å²) in [4.78, 5) is 52.2. The van der Waals surface area contributed by atoms with E-state index in [1.165, 1.54) is 0 Å². The molecule has 2 aliphatic rings. The Morgan fingerprint density at radius 3 is 2.51 bits per heavy atom. The lowest BCUT2D eigenvalue weighted by Gasteiger charge is -2.40. The van der Waals surface area contributed by atoms with Crippen LogP contribution in [0.25, 0.3) is 0 Å². The topological polar surface area (TPSA) is 182 Å². The fraction of sp³-hybridized carbons (Fsp3) is 0.783. The molecule has 12 heteroatoms. The van der Waals surface area contributed by atoms with Crippen LogP contribution in [0.15, 0.2) is 0 Å². The van der Waals surface area contributed by atoms with Crippen LogP contribution in [0.2, 0.25) is 0 Å². The van der Waals surface area contributed by atoms with Crippen LogP contribution in [0.4, 0.5) is 0 Å². The zero-order valence-electron chi connectivity index (χ0n) is 21.0. The first-order valence-electron chi connectivity index (χ1n) is 12.7. The van der Waals surface area contributed by atoms with E-state index < -0.39 is 12.1 Å². The molecule has 35 heavy (non-hydrogen) atoms. The van der Waals surface area contributed by atoms with E-state index in [9.17, 15) is 19.2 Å². The molecular formula is C23H42N8O4. The number of carbonyl (C=O) groups excluding carboxylic acids is 4. The standard InChI is InChI=1S/C23H42N8O4/c1-3-5-8-16-21(34)30-17(12-27-16)19(32)14-31-13-15(11-28-20(33)7-4-2)29-22(35)18(31)9-6-10-26-23(24)25/h15-18,27H,3-14H2,1-2H3,(H,28,33)(H,29,35)(H,30,34)(H4,24,25,26)/t15-,16-,17+,18-/m0/s1. The van der Waals surface area contributed by atoms with Crippen LogP contribution in [-0.2, 0) is 19.2 Å². The average Bonchev–Trinajstić information content (AvgIpc) is 2.81. The molecule has 8 N–H and O–H groups in total. The first-order valence-corrected chi connectivity index (χ1v) is 12.7. The van der Waals surface area contributed by atoms with E-state index >= 15 is 0 Å². The van der Waals surface area contributed by atoms with E-state index in [0.29, 0.717) is 38.9 Å². The minimum Gasteiger partial charge on any atom is -0.370 e. The molecule has 2 fully saturated rings. The molecule has 2 rings (SSSR count). The van der Waals surface area contributed by atoms with Gasteiger partial charge in [-0.3, -0.25) is 29.5 Å². The van der Waals surface area contributed by atoms with Crippen molar-refractivity contribution in [3.05, 3.63) is 0 Å². The van der Waals surface area contributed by atoms with E-state index in [1.807, 2.05) is 11.8 Å². The molecular weight excluding hydrogens is 452 g/mol. The highest BCUT2D eigenvalue weighted by atomic mass is 16.2. The molecule has 0 spiro atoms. The Morgan fingerprint density at radius 2 is 1.86 bits per heavy atom. The van der Waals surface area contributed by atoms with Crippen LogP contribution < -0.4 is 32.3 Å². The molecule has 12 nitrogen and oxygen atoms in total. The zero-order chi connectivity index (χ0) is 25.8. The van der Waals surface area contributed by atoms with Crippen LogP contribution in [0, 0.1) is 5.41 Å². The first kappa shape index (κ1) is 28.5. The quantitative estimate of drug-likeness (QED) is 0.0869. The fourth-order valence-corrected chi connectivity index (χ4v) is 4.42. The number of hydrogen-bond acceptors (Lipinski definition) is 7. The highest BCUT2D eigenvalue weighted by molar-refractivity contribution is 5.94. The molecule has 0 saturated carbocycles. The lowest BCUT2D eigenvalue weighted by molar-refractivity contribution is -0.136. The summed E-state index contributed by atoms with van der Waals surface area (Å²) in [5, 5.41) is 21.8. The molecule has 198 valence electrons. The molecule has 0 aromatic heterocycles. The van der Waals surface area contributed by atoms with Gasteiger partial charge in [-0.25, -0.2) is 0 Å². The number of nitrogens with one attached hydrogen (secondary N) is 6. The van der Waals surface area contributed by atoms with Gasteiger partial charge in [0.1, 0.15) is 6.04 Å². The third-order valence-corrected chi connectivity index (χ3v) is 6.33. The van der Waals surface area contributed by atoms with Crippen molar-refractivity contribution in [2.45, 2.75) is 83.0 Å². The van der Waals surface area contributed by atoms with Crippen molar-refractivity contribution in [3.8, 4) is 0 Å². The van der Waals surface area contributed by atoms with Gasteiger partial charge in [-0.05, 0) is 25.7 Å². The zero-order valence-corrected chi connectivity index (χ0v) is 21.0. The number of nitrogens with two attached hydrogens (primary N) is 1. The summed E-state index contributed by atoms with van der Waals surface area (Å²) in [6.07, 6.45) is 4.88. The van der Waals surface area contributed by atoms with Gasteiger partial charge in [-0.1, -0.05) is 26.7 Å². The number of unbranched alkanes of at least 4 members (excludes halogenated alkanes) is 1. The van der Waals surface area contributed by atoms with Gasteiger partial charge in [0, 0.05) is 32.6 Å². The number of hydrogen-bond donors (Lipinski definition) is 7. The van der Waals surface area contributed by atoms with Gasteiger partial charge in [-0.2, -0.15) is 0 Å². The summed E-state index contributed by atoms with van der Waals surface area (Å²) in [6.45, 7) is 5.51.